The van der Waals surface area contributed by atoms with E-state index in [4.69, 9.17) is 10.5 Å². The lowest BCUT2D eigenvalue weighted by atomic mass is 9.81. The Morgan fingerprint density at radius 3 is 2.53 bits per heavy atom. The van der Waals surface area contributed by atoms with Gasteiger partial charge in [-0.25, -0.2) is 0 Å². The second kappa shape index (κ2) is 12.0. The maximum atomic E-state index is 14.0. The number of fused-ring (bicyclic) bond motifs is 1. The number of rotatable bonds is 8. The highest BCUT2D eigenvalue weighted by molar-refractivity contribution is 6.07. The second-order valence-corrected chi connectivity index (χ2v) is 11.3. The fraction of sp³-hybridized carbons (Fsp3) is 0.500. The van der Waals surface area contributed by atoms with E-state index in [-0.39, 0.29) is 41.5 Å². The molecule has 8 nitrogen and oxygen atoms in total. The number of hydrogen-bond acceptors (Lipinski definition) is 5. The van der Waals surface area contributed by atoms with Gasteiger partial charge in [0, 0.05) is 24.6 Å². The maximum absolute atomic E-state index is 14.0. The molecule has 1 fully saturated rings. The largest absolute Gasteiger partial charge is 0.481 e. The summed E-state index contributed by atoms with van der Waals surface area (Å²) in [7, 11) is 0. The third kappa shape index (κ3) is 6.54. The Hall–Kier alpha value is -3.39. The van der Waals surface area contributed by atoms with E-state index >= 15 is 0 Å². The quantitative estimate of drug-likeness (QED) is 0.475. The zero-order valence-corrected chi connectivity index (χ0v) is 22.7. The molecule has 0 saturated heterocycles. The summed E-state index contributed by atoms with van der Waals surface area (Å²) in [5.41, 5.74) is 7.03. The standard InChI is InChI=1S/C30H40N4O4/c1-20(38-23-12-8-5-9-13-23)29(37)34-25-15-14-22(28(36)32-19-30(2,3)18-31)16-24(25)33-27(35)17-26(34)21-10-6-4-7-11-21/h5,8-9,12-16,20-21,26H,4,6-7,10-11,17-19,31H2,1-3H3,(H,32,36)(H,33,35). The monoisotopic (exact) mass is 520 g/mol. The van der Waals surface area contributed by atoms with E-state index in [1.807, 2.05) is 44.2 Å². The summed E-state index contributed by atoms with van der Waals surface area (Å²) in [6.45, 7) is 6.58. The third-order valence-electron chi connectivity index (χ3n) is 7.63. The van der Waals surface area contributed by atoms with Crippen molar-refractivity contribution in [1.29, 1.82) is 0 Å². The van der Waals surface area contributed by atoms with Crippen molar-refractivity contribution in [2.75, 3.05) is 23.3 Å². The molecule has 204 valence electrons. The number of carbonyl (C=O) groups excluding carboxylic acids is 3. The molecule has 2 unspecified atom stereocenters. The van der Waals surface area contributed by atoms with Gasteiger partial charge in [0.1, 0.15) is 5.75 Å². The van der Waals surface area contributed by atoms with Gasteiger partial charge in [0.25, 0.3) is 11.8 Å². The number of benzene rings is 2. The van der Waals surface area contributed by atoms with Crippen LogP contribution in [0.4, 0.5) is 11.4 Å². The molecule has 0 radical (unpaired) electrons. The second-order valence-electron chi connectivity index (χ2n) is 11.3. The SMILES string of the molecule is CC(Oc1ccccc1)C(=O)N1c2ccc(C(=O)NCC(C)(C)CN)cc2NC(=O)CC1C1CCCCC1. The molecule has 0 aromatic heterocycles. The van der Waals surface area contributed by atoms with Crippen LogP contribution in [0.1, 0.15) is 69.7 Å². The number of carbonyl (C=O) groups is 3. The number of nitrogens with one attached hydrogen (secondary N) is 2. The lowest BCUT2D eigenvalue weighted by Gasteiger charge is -2.38. The molecule has 2 aliphatic rings. The average molecular weight is 521 g/mol. The molecule has 3 amide bonds. The number of nitrogens with zero attached hydrogens (tertiary/aromatic N) is 1. The summed E-state index contributed by atoms with van der Waals surface area (Å²) < 4.78 is 6.01. The molecular weight excluding hydrogens is 480 g/mol. The first-order valence-electron chi connectivity index (χ1n) is 13.7. The first-order chi connectivity index (χ1) is 18.2. The summed E-state index contributed by atoms with van der Waals surface area (Å²) in [6.07, 6.45) is 4.75. The highest BCUT2D eigenvalue weighted by Gasteiger charge is 2.40. The average Bonchev–Trinajstić information content (AvgIpc) is 3.07. The van der Waals surface area contributed by atoms with Crippen LogP contribution in [0.25, 0.3) is 0 Å². The lowest BCUT2D eigenvalue weighted by Crippen LogP contribution is -2.50. The van der Waals surface area contributed by atoms with E-state index in [1.165, 1.54) is 6.42 Å². The van der Waals surface area contributed by atoms with E-state index in [2.05, 4.69) is 10.6 Å². The molecule has 2 aromatic rings. The summed E-state index contributed by atoms with van der Waals surface area (Å²) >= 11 is 0. The number of hydrogen-bond donors (Lipinski definition) is 3. The molecular formula is C30H40N4O4. The highest BCUT2D eigenvalue weighted by Crippen LogP contribution is 2.39. The Morgan fingerprint density at radius 1 is 1.13 bits per heavy atom. The molecule has 1 aliphatic heterocycles. The van der Waals surface area contributed by atoms with E-state index in [1.54, 1.807) is 30.0 Å². The van der Waals surface area contributed by atoms with Gasteiger partial charge in [-0.05, 0) is 68.0 Å². The zero-order chi connectivity index (χ0) is 27.3. The number of ether oxygens (including phenoxy) is 1. The van der Waals surface area contributed by atoms with Crippen LogP contribution < -0.4 is 26.0 Å². The van der Waals surface area contributed by atoms with Gasteiger partial charge >= 0.3 is 0 Å². The van der Waals surface area contributed by atoms with Gasteiger partial charge < -0.3 is 26.0 Å². The van der Waals surface area contributed by atoms with Crippen LogP contribution in [-0.4, -0.2) is 43.0 Å². The van der Waals surface area contributed by atoms with E-state index in [0.717, 1.165) is 25.7 Å². The molecule has 0 spiro atoms. The molecule has 2 atom stereocenters. The first-order valence-corrected chi connectivity index (χ1v) is 13.7. The van der Waals surface area contributed by atoms with Crippen LogP contribution in [0.5, 0.6) is 5.75 Å². The van der Waals surface area contributed by atoms with Crippen LogP contribution >= 0.6 is 0 Å². The number of para-hydroxylation sites is 1. The molecule has 4 N–H and O–H groups in total. The van der Waals surface area contributed by atoms with Gasteiger partial charge in [0.2, 0.25) is 5.91 Å². The van der Waals surface area contributed by atoms with Crippen molar-refractivity contribution < 1.29 is 19.1 Å². The lowest BCUT2D eigenvalue weighted by molar-refractivity contribution is -0.125. The van der Waals surface area contributed by atoms with Crippen LogP contribution in [0.3, 0.4) is 0 Å². The maximum Gasteiger partial charge on any atom is 0.268 e. The van der Waals surface area contributed by atoms with Crippen molar-refractivity contribution in [3.63, 3.8) is 0 Å². The predicted molar refractivity (Wildman–Crippen MR) is 149 cm³/mol. The van der Waals surface area contributed by atoms with Gasteiger partial charge in [0.05, 0.1) is 11.4 Å². The summed E-state index contributed by atoms with van der Waals surface area (Å²) in [5.74, 6) is 0.212. The van der Waals surface area contributed by atoms with Crippen molar-refractivity contribution in [3.8, 4) is 5.75 Å². The van der Waals surface area contributed by atoms with Gasteiger partial charge in [-0.1, -0.05) is 51.3 Å². The molecule has 8 heteroatoms. The molecule has 4 rings (SSSR count). The fourth-order valence-electron chi connectivity index (χ4n) is 5.27. The molecule has 1 aliphatic carbocycles. The van der Waals surface area contributed by atoms with E-state index in [9.17, 15) is 14.4 Å². The van der Waals surface area contributed by atoms with Crippen molar-refractivity contribution in [2.45, 2.75) is 71.4 Å². The van der Waals surface area contributed by atoms with Crippen LogP contribution in [0.15, 0.2) is 48.5 Å². The minimum atomic E-state index is -0.758. The molecule has 1 saturated carbocycles. The van der Waals surface area contributed by atoms with E-state index < -0.39 is 6.10 Å². The summed E-state index contributed by atoms with van der Waals surface area (Å²) in [4.78, 5) is 41.8. The Balaban J connectivity index is 1.67. The first kappa shape index (κ1) is 27.6. The predicted octanol–water partition coefficient (Wildman–Crippen LogP) is 4.49. The minimum absolute atomic E-state index is 0.157. The molecule has 2 aromatic carbocycles. The molecule has 1 heterocycles. The topological polar surface area (TPSA) is 114 Å². The zero-order valence-electron chi connectivity index (χ0n) is 22.7. The Bertz CT molecular complexity index is 1140. The molecule has 38 heavy (non-hydrogen) atoms. The smallest absolute Gasteiger partial charge is 0.268 e. The van der Waals surface area contributed by atoms with Crippen LogP contribution in [-0.2, 0) is 9.59 Å². The van der Waals surface area contributed by atoms with Crippen LogP contribution in [0.2, 0.25) is 0 Å². The van der Waals surface area contributed by atoms with Crippen molar-refractivity contribution in [3.05, 3.63) is 54.1 Å². The summed E-state index contributed by atoms with van der Waals surface area (Å²) in [5, 5.41) is 5.90. The van der Waals surface area contributed by atoms with Crippen molar-refractivity contribution in [2.24, 2.45) is 17.1 Å². The number of nitrogens with two attached hydrogens (primary N) is 1. The van der Waals surface area contributed by atoms with E-state index in [0.29, 0.717) is 35.8 Å². The fourth-order valence-corrected chi connectivity index (χ4v) is 5.27. The minimum Gasteiger partial charge on any atom is -0.481 e. The van der Waals surface area contributed by atoms with Gasteiger partial charge in [-0.3, -0.25) is 14.4 Å². The van der Waals surface area contributed by atoms with Gasteiger partial charge in [0.15, 0.2) is 6.10 Å². The van der Waals surface area contributed by atoms with Crippen molar-refractivity contribution in [1.82, 2.24) is 5.32 Å². The number of amides is 3. The Kier molecular flexibility index (Phi) is 8.72. The number of anilines is 2. The Labute approximate surface area is 225 Å². The third-order valence-corrected chi connectivity index (χ3v) is 7.63. The van der Waals surface area contributed by atoms with Gasteiger partial charge in [-0.2, -0.15) is 0 Å². The van der Waals surface area contributed by atoms with Crippen molar-refractivity contribution >= 4 is 29.1 Å². The Morgan fingerprint density at radius 2 is 1.84 bits per heavy atom. The molecule has 0 bridgehead atoms. The summed E-state index contributed by atoms with van der Waals surface area (Å²) in [6, 6.07) is 14.1. The van der Waals surface area contributed by atoms with Gasteiger partial charge in [-0.15, -0.1) is 0 Å². The van der Waals surface area contributed by atoms with Crippen LogP contribution in [0, 0.1) is 11.3 Å². The highest BCUT2D eigenvalue weighted by atomic mass is 16.5. The normalized spacial score (nSPS) is 19.1.